The first kappa shape index (κ1) is 49.0. The quantitative estimate of drug-likeness (QED) is 0.288. The maximum absolute atomic E-state index is 8.90. The third-order valence-corrected chi connectivity index (χ3v) is 3.90. The third-order valence-electron chi connectivity index (χ3n) is 3.90. The molecule has 0 fully saturated rings. The molecule has 0 rings (SSSR count). The molecule has 0 saturated heterocycles. The van der Waals surface area contributed by atoms with Gasteiger partial charge in [0.15, 0.2) is 0 Å². The van der Waals surface area contributed by atoms with Crippen molar-refractivity contribution in [1.29, 1.82) is 0 Å². The van der Waals surface area contributed by atoms with Gasteiger partial charge < -0.3 is 27.2 Å². The van der Waals surface area contributed by atoms with Crippen LogP contribution in [0.1, 0.15) is 110 Å². The third kappa shape index (κ3) is 78.0. The molecule has 0 aromatic carbocycles. The van der Waals surface area contributed by atoms with Gasteiger partial charge >= 0.3 is 0 Å². The predicted octanol–water partition coefficient (Wildman–Crippen LogP) is 6.23. The van der Waals surface area contributed by atoms with Crippen molar-refractivity contribution < 1.29 is 5.11 Å². The van der Waals surface area contributed by atoms with E-state index in [4.69, 9.17) is 22.3 Å². The number of nitrogens with two attached hydrogens (primary N) is 3. The van der Waals surface area contributed by atoms with Crippen LogP contribution in [0.4, 0.5) is 0 Å². The van der Waals surface area contributed by atoms with Crippen LogP contribution in [0.3, 0.4) is 0 Å². The molecule has 0 aromatic heterocycles. The molecule has 0 bridgehead atoms. The van der Waals surface area contributed by atoms with Crippen LogP contribution in [0.5, 0.6) is 0 Å². The molecule has 32 heavy (non-hydrogen) atoms. The van der Waals surface area contributed by atoms with Crippen molar-refractivity contribution in [2.75, 3.05) is 40.3 Å². The maximum atomic E-state index is 8.90. The van der Waals surface area contributed by atoms with E-state index in [1.807, 2.05) is 0 Å². The van der Waals surface area contributed by atoms with Gasteiger partial charge in [-0.3, -0.25) is 0 Å². The summed E-state index contributed by atoms with van der Waals surface area (Å²) in [6.45, 7) is 20.7. The zero-order chi connectivity index (χ0) is 23.8. The molecule has 0 amide bonds. The number of aliphatic hydroxyl groups is 1. The second-order valence-corrected chi connectivity index (χ2v) is 9.80. The molecule has 0 heterocycles. The molecule has 7 N–H and O–H groups in total. The number of aliphatic hydroxyl groups excluding tert-OH is 1. The van der Waals surface area contributed by atoms with E-state index in [1.165, 1.54) is 25.8 Å². The summed E-state index contributed by atoms with van der Waals surface area (Å²) in [5.74, 6) is 2.99. The molecule has 0 aliphatic rings. The van der Waals surface area contributed by atoms with Gasteiger partial charge in [-0.2, -0.15) is 0 Å². The summed E-state index contributed by atoms with van der Waals surface area (Å²) in [7, 11) is 4.23. The molecular weight excluding hydrogens is 396 g/mol. The van der Waals surface area contributed by atoms with Gasteiger partial charge in [-0.1, -0.05) is 77.7 Å². The van der Waals surface area contributed by atoms with Gasteiger partial charge in [-0.25, -0.2) is 0 Å². The van der Waals surface area contributed by atoms with Crippen molar-refractivity contribution in [1.82, 2.24) is 4.90 Å². The Morgan fingerprint density at radius 1 is 0.625 bits per heavy atom. The fourth-order valence-corrected chi connectivity index (χ4v) is 2.02. The van der Waals surface area contributed by atoms with Gasteiger partial charge in [0.1, 0.15) is 0 Å². The first-order valence-corrected chi connectivity index (χ1v) is 11.8. The summed E-state index contributed by atoms with van der Waals surface area (Å²) in [5.41, 5.74) is 15.7. The summed E-state index contributed by atoms with van der Waals surface area (Å²) >= 11 is 0. The summed E-state index contributed by atoms with van der Waals surface area (Å²) < 4.78 is 0. The van der Waals surface area contributed by atoms with Gasteiger partial charge in [0.2, 0.25) is 0 Å². The van der Waals surface area contributed by atoms with Crippen molar-refractivity contribution in [2.45, 2.75) is 116 Å². The molecule has 0 radical (unpaired) electrons. The highest BCUT2D eigenvalue weighted by atomic mass is 16.3. The molecule has 0 aliphatic carbocycles. The summed E-state index contributed by atoms with van der Waals surface area (Å²) in [4.78, 5) is 2.22. The van der Waals surface area contributed by atoms with E-state index < -0.39 is 0 Å². The van der Waals surface area contributed by atoms with Crippen LogP contribution in [0, 0.1) is 23.7 Å². The van der Waals surface area contributed by atoms with Crippen molar-refractivity contribution in [3.05, 3.63) is 0 Å². The SMILES string of the molecule is C.C.C.CC(C)CC(O)CN.CC(C)CCCN.CC(C)CCN.CC(C)CCN(C)C. The van der Waals surface area contributed by atoms with Crippen molar-refractivity contribution in [3.63, 3.8) is 0 Å². The minimum Gasteiger partial charge on any atom is -0.392 e. The lowest BCUT2D eigenvalue weighted by Gasteiger charge is -2.10. The summed E-state index contributed by atoms with van der Waals surface area (Å²) in [5, 5.41) is 8.90. The first-order valence-electron chi connectivity index (χ1n) is 11.8. The predicted molar refractivity (Wildman–Crippen MR) is 154 cm³/mol. The fourth-order valence-electron chi connectivity index (χ4n) is 2.02. The van der Waals surface area contributed by atoms with E-state index in [0.29, 0.717) is 12.5 Å². The molecule has 5 heteroatoms. The van der Waals surface area contributed by atoms with E-state index in [2.05, 4.69) is 74.4 Å². The van der Waals surface area contributed by atoms with Gasteiger partial charge in [0.05, 0.1) is 6.10 Å². The summed E-state index contributed by atoms with van der Waals surface area (Å²) in [6, 6.07) is 0. The highest BCUT2D eigenvalue weighted by Gasteiger charge is 2.02. The van der Waals surface area contributed by atoms with Crippen molar-refractivity contribution in [3.8, 4) is 0 Å². The first-order chi connectivity index (χ1) is 13.3. The normalized spacial score (nSPS) is 10.6. The van der Waals surface area contributed by atoms with Gasteiger partial charge in [-0.05, 0) is 89.5 Å². The average Bonchev–Trinajstić information content (AvgIpc) is 2.59. The van der Waals surface area contributed by atoms with E-state index in [1.54, 1.807) is 0 Å². The van der Waals surface area contributed by atoms with Crippen LogP contribution >= 0.6 is 0 Å². The lowest BCUT2D eigenvalue weighted by molar-refractivity contribution is 0.157. The second kappa shape index (κ2) is 38.1. The highest BCUT2D eigenvalue weighted by Crippen LogP contribution is 2.02. The molecule has 0 saturated carbocycles. The minimum absolute atomic E-state index is 0. The lowest BCUT2D eigenvalue weighted by Crippen LogP contribution is -2.21. The zero-order valence-electron chi connectivity index (χ0n) is 21.9. The molecule has 206 valence electrons. The zero-order valence-corrected chi connectivity index (χ0v) is 21.9. The molecular formula is C27H72N4O. The average molecular weight is 469 g/mol. The standard InChI is InChI=1S/C7H17N.C6H15NO.C6H15N.C5H13N.3CH4/c1-7(2)5-6-8(3)4;1-5(2)3-6(8)4-7;1-6(2)4-3-5-7;1-5(2)3-4-6;;;/h7H,5-6H2,1-4H3;5-6,8H,3-4,7H2,1-2H3;6H,3-5,7H2,1-2H3;5H,3-4,6H2,1-2H3;3*1H4. The highest BCUT2D eigenvalue weighted by molar-refractivity contribution is 4.57. The maximum Gasteiger partial charge on any atom is 0.0664 e. The molecule has 0 aliphatic heterocycles. The number of rotatable bonds is 11. The Bertz CT molecular complexity index is 262. The Kier molecular flexibility index (Phi) is 58.4. The minimum atomic E-state index is -0.296. The Morgan fingerprint density at radius 3 is 1.12 bits per heavy atom. The smallest absolute Gasteiger partial charge is 0.0664 e. The van der Waals surface area contributed by atoms with E-state index >= 15 is 0 Å². The van der Waals surface area contributed by atoms with Gasteiger partial charge in [0, 0.05) is 6.54 Å². The monoisotopic (exact) mass is 469 g/mol. The Balaban J connectivity index is -0.0000000508. The topological polar surface area (TPSA) is 102 Å². The van der Waals surface area contributed by atoms with Crippen LogP contribution in [0.15, 0.2) is 0 Å². The largest absolute Gasteiger partial charge is 0.392 e. The molecule has 1 unspecified atom stereocenters. The van der Waals surface area contributed by atoms with Crippen LogP contribution in [-0.4, -0.2) is 56.4 Å². The van der Waals surface area contributed by atoms with Crippen LogP contribution < -0.4 is 17.2 Å². The number of nitrogens with zero attached hydrogens (tertiary/aromatic N) is 1. The van der Waals surface area contributed by atoms with Gasteiger partial charge in [0.25, 0.3) is 0 Å². The Morgan fingerprint density at radius 2 is 1.03 bits per heavy atom. The van der Waals surface area contributed by atoms with Crippen molar-refractivity contribution >= 4 is 0 Å². The Hall–Kier alpha value is -0.200. The summed E-state index contributed by atoms with van der Waals surface area (Å²) in [6.07, 6.45) is 5.44. The van der Waals surface area contributed by atoms with Gasteiger partial charge in [-0.15, -0.1) is 0 Å². The molecule has 0 aromatic rings. The molecule has 1 atom stereocenters. The lowest BCUT2D eigenvalue weighted by atomic mass is 10.1. The Labute approximate surface area is 207 Å². The van der Waals surface area contributed by atoms with Crippen LogP contribution in [0.2, 0.25) is 0 Å². The van der Waals surface area contributed by atoms with E-state index in [0.717, 1.165) is 43.7 Å². The van der Waals surface area contributed by atoms with Crippen LogP contribution in [0.25, 0.3) is 0 Å². The van der Waals surface area contributed by atoms with Crippen LogP contribution in [-0.2, 0) is 0 Å². The molecule has 0 spiro atoms. The number of hydrogen-bond donors (Lipinski definition) is 4. The van der Waals surface area contributed by atoms with E-state index in [9.17, 15) is 0 Å². The second-order valence-electron chi connectivity index (χ2n) is 9.80. The van der Waals surface area contributed by atoms with Crippen molar-refractivity contribution in [2.24, 2.45) is 40.9 Å². The number of hydrogen-bond acceptors (Lipinski definition) is 5. The van der Waals surface area contributed by atoms with E-state index in [-0.39, 0.29) is 28.4 Å². The molecule has 5 nitrogen and oxygen atoms in total. The fraction of sp³-hybridized carbons (Fsp3) is 1.00.